The topological polar surface area (TPSA) is 91.3 Å². The average molecular weight is 799 g/mol. The third-order valence-corrected chi connectivity index (χ3v) is 8.93. The van der Waals surface area contributed by atoms with Crippen LogP contribution in [0.1, 0.15) is 11.1 Å². The number of rotatable bonds is 10. The molecule has 7 nitrogen and oxygen atoms in total. The molecule has 0 heterocycles. The van der Waals surface area contributed by atoms with E-state index in [2.05, 4.69) is 5.92 Å². The number of halogens is 8. The number of ether oxygens (including phenoxy) is 4. The Labute approximate surface area is 313 Å². The molecule has 0 aliphatic carbocycles. The lowest BCUT2D eigenvalue weighted by Crippen LogP contribution is -2.10. The van der Waals surface area contributed by atoms with Crippen molar-refractivity contribution in [1.82, 2.24) is 0 Å². The van der Waals surface area contributed by atoms with Crippen molar-refractivity contribution in [2.24, 2.45) is 0 Å². The van der Waals surface area contributed by atoms with Crippen molar-refractivity contribution in [2.45, 2.75) is 11.8 Å². The highest BCUT2D eigenvalue weighted by Gasteiger charge is 2.36. The second kappa shape index (κ2) is 15.3. The largest absolute Gasteiger partial charge is 0.497 e. The van der Waals surface area contributed by atoms with Crippen LogP contribution in [0.15, 0.2) is 89.8 Å². The van der Waals surface area contributed by atoms with Crippen molar-refractivity contribution in [2.75, 3.05) is 7.11 Å². The van der Waals surface area contributed by atoms with Crippen LogP contribution in [0.25, 0.3) is 22.3 Å². The van der Waals surface area contributed by atoms with Gasteiger partial charge in [-0.3, -0.25) is 4.55 Å². The van der Waals surface area contributed by atoms with E-state index in [1.807, 2.05) is 0 Å². The van der Waals surface area contributed by atoms with Crippen LogP contribution in [0.2, 0.25) is 0 Å². The van der Waals surface area contributed by atoms with Crippen LogP contribution >= 0.6 is 0 Å². The van der Waals surface area contributed by atoms with Gasteiger partial charge in [0.05, 0.1) is 18.2 Å². The van der Waals surface area contributed by atoms with E-state index in [1.165, 1.54) is 43.5 Å². The van der Waals surface area contributed by atoms with Crippen molar-refractivity contribution in [1.29, 1.82) is 0 Å². The lowest BCUT2D eigenvalue weighted by Gasteiger charge is -2.17. The van der Waals surface area contributed by atoms with Crippen LogP contribution in [0.3, 0.4) is 0 Å². The number of terminal acetylenes is 1. The molecule has 0 bridgehead atoms. The third-order valence-electron chi connectivity index (χ3n) is 8.05. The minimum absolute atomic E-state index is 0.107. The van der Waals surface area contributed by atoms with Gasteiger partial charge in [0.25, 0.3) is 10.1 Å². The van der Waals surface area contributed by atoms with E-state index in [1.54, 1.807) is 37.3 Å². The summed E-state index contributed by atoms with van der Waals surface area (Å²) in [6.07, 6.45) is 5.40. The van der Waals surface area contributed by atoms with E-state index in [4.69, 9.17) is 25.4 Å². The molecular weight excluding hydrogens is 776 g/mol. The minimum atomic E-state index is -5.32. The van der Waals surface area contributed by atoms with Crippen molar-refractivity contribution < 1.29 is 67.0 Å². The molecule has 6 aromatic carbocycles. The smallest absolute Gasteiger partial charge is 0.298 e. The Morgan fingerprint density at radius 2 is 1.02 bits per heavy atom. The highest BCUT2D eigenvalue weighted by Crippen LogP contribution is 2.44. The molecule has 0 atom stereocenters. The van der Waals surface area contributed by atoms with E-state index in [0.717, 1.165) is 6.07 Å². The molecule has 16 heteroatoms. The lowest BCUT2D eigenvalue weighted by atomic mass is 10.0. The average Bonchev–Trinajstić information content (AvgIpc) is 3.18. The van der Waals surface area contributed by atoms with Gasteiger partial charge in [0.2, 0.25) is 34.8 Å². The zero-order chi connectivity index (χ0) is 40.6. The van der Waals surface area contributed by atoms with E-state index < -0.39 is 89.9 Å². The second-order valence-electron chi connectivity index (χ2n) is 11.7. The first-order valence-corrected chi connectivity index (χ1v) is 17.2. The Kier molecular flexibility index (Phi) is 10.7. The van der Waals surface area contributed by atoms with Gasteiger partial charge in [-0.2, -0.15) is 26.0 Å². The molecule has 0 aliphatic rings. The molecule has 6 aromatic rings. The number of methoxy groups -OCH3 is 1. The Balaban J connectivity index is 1.34. The van der Waals surface area contributed by atoms with Crippen LogP contribution in [0.4, 0.5) is 35.1 Å². The van der Waals surface area contributed by atoms with E-state index in [0.29, 0.717) is 40.1 Å². The maximum atomic E-state index is 15.4. The first-order chi connectivity index (χ1) is 26.5. The molecule has 0 unspecified atom stereocenters. The SMILES string of the molecule is C#Cc1cc(C)cc(Oc2ccc(Oc3c(F)c(F)c(-c4c(F)c(F)c(Oc5ccc(-c6ccc(OC)cc6)cc5)c(F)c4F)c(F)c3F)c(S(=O)(=O)O)c2)c1. The third kappa shape index (κ3) is 7.54. The van der Waals surface area contributed by atoms with E-state index in [-0.39, 0.29) is 17.2 Å². The number of aryl methyl sites for hydroxylation is 1. The Morgan fingerprint density at radius 1 is 0.554 bits per heavy atom. The molecule has 0 fully saturated rings. The molecule has 286 valence electrons. The maximum Gasteiger partial charge on any atom is 0.298 e. The lowest BCUT2D eigenvalue weighted by molar-refractivity contribution is 0.356. The van der Waals surface area contributed by atoms with Gasteiger partial charge in [0, 0.05) is 11.6 Å². The molecule has 6 rings (SSSR count). The summed E-state index contributed by atoms with van der Waals surface area (Å²) in [6, 6.07) is 18.8. The molecule has 0 amide bonds. The first kappa shape index (κ1) is 39.1. The fraction of sp³-hybridized carbons (Fsp3) is 0.0500. The standard InChI is InChI=1S/C40H22F8O7S/c1-4-20-15-19(2)16-26(17-20)53-25-13-14-27(28(18-25)56(49,50)51)55-40-37(47)33(43)30(34(44)38(40)48)29-31(41)35(45)39(36(46)32(29)42)54-24-11-7-22(8-12-24)21-5-9-23(52-3)10-6-21/h1,5-18H,2-3H3,(H,49,50,51). The summed E-state index contributed by atoms with van der Waals surface area (Å²) in [4.78, 5) is -1.21. The van der Waals surface area contributed by atoms with E-state index >= 15 is 35.1 Å². The first-order valence-electron chi connectivity index (χ1n) is 15.7. The summed E-state index contributed by atoms with van der Waals surface area (Å²) < 4.78 is 178. The van der Waals surface area contributed by atoms with Crippen LogP contribution in [-0.4, -0.2) is 20.1 Å². The Hall–Kier alpha value is -6.57. The summed E-state index contributed by atoms with van der Waals surface area (Å²) in [7, 11) is -3.85. The van der Waals surface area contributed by atoms with Gasteiger partial charge in [-0.05, 0) is 78.2 Å². The zero-order valence-corrected chi connectivity index (χ0v) is 29.3. The van der Waals surface area contributed by atoms with Crippen molar-refractivity contribution in [3.05, 3.63) is 143 Å². The molecule has 0 spiro atoms. The van der Waals surface area contributed by atoms with Crippen LogP contribution in [-0.2, 0) is 10.1 Å². The van der Waals surface area contributed by atoms with Crippen molar-refractivity contribution in [3.63, 3.8) is 0 Å². The number of hydrogen-bond donors (Lipinski definition) is 1. The maximum absolute atomic E-state index is 15.4. The highest BCUT2D eigenvalue weighted by molar-refractivity contribution is 7.86. The molecule has 56 heavy (non-hydrogen) atoms. The fourth-order valence-electron chi connectivity index (χ4n) is 5.43. The summed E-state index contributed by atoms with van der Waals surface area (Å²) in [5.74, 6) is -22.2. The van der Waals surface area contributed by atoms with Gasteiger partial charge in [0.1, 0.15) is 33.6 Å². The summed E-state index contributed by atoms with van der Waals surface area (Å²) in [6.45, 7) is 1.67. The summed E-state index contributed by atoms with van der Waals surface area (Å²) >= 11 is 0. The summed E-state index contributed by atoms with van der Waals surface area (Å²) in [5.41, 5.74) is -2.10. The second-order valence-corrected chi connectivity index (χ2v) is 13.1. The van der Waals surface area contributed by atoms with Gasteiger partial charge in [0.15, 0.2) is 23.3 Å². The summed E-state index contributed by atoms with van der Waals surface area (Å²) in [5, 5.41) is 0. The molecule has 0 aliphatic heterocycles. The predicted molar refractivity (Wildman–Crippen MR) is 186 cm³/mol. The van der Waals surface area contributed by atoms with Gasteiger partial charge >= 0.3 is 0 Å². The van der Waals surface area contributed by atoms with Crippen LogP contribution in [0.5, 0.6) is 40.2 Å². The molecule has 0 radical (unpaired) electrons. The highest BCUT2D eigenvalue weighted by atomic mass is 32.2. The quantitative estimate of drug-likeness (QED) is 0.0639. The van der Waals surface area contributed by atoms with Crippen molar-refractivity contribution >= 4 is 10.1 Å². The number of hydrogen-bond acceptors (Lipinski definition) is 6. The van der Waals surface area contributed by atoms with Gasteiger partial charge in [-0.1, -0.05) is 30.2 Å². The molecule has 0 saturated heterocycles. The number of benzene rings is 6. The fourth-order valence-corrected chi connectivity index (χ4v) is 6.06. The Bertz CT molecular complexity index is 2620. The van der Waals surface area contributed by atoms with Gasteiger partial charge < -0.3 is 18.9 Å². The van der Waals surface area contributed by atoms with Gasteiger partial charge in [-0.25, -0.2) is 17.6 Å². The monoisotopic (exact) mass is 798 g/mol. The van der Waals surface area contributed by atoms with Crippen molar-refractivity contribution in [3.8, 4) is 74.8 Å². The minimum Gasteiger partial charge on any atom is -0.497 e. The van der Waals surface area contributed by atoms with Gasteiger partial charge in [-0.15, -0.1) is 6.42 Å². The predicted octanol–water partition coefficient (Wildman–Crippen LogP) is 11.1. The normalized spacial score (nSPS) is 11.2. The zero-order valence-electron chi connectivity index (χ0n) is 28.5. The van der Waals surface area contributed by atoms with E-state index in [9.17, 15) is 13.0 Å². The van der Waals surface area contributed by atoms with Crippen LogP contribution in [0, 0.1) is 65.8 Å². The molecule has 0 aromatic heterocycles. The molecule has 0 saturated carbocycles. The Morgan fingerprint density at radius 3 is 1.48 bits per heavy atom. The molecular formula is C40H22F8O7S. The molecule has 1 N–H and O–H groups in total. The van der Waals surface area contributed by atoms with Crippen LogP contribution < -0.4 is 18.9 Å².